The van der Waals surface area contributed by atoms with Crippen molar-refractivity contribution in [1.29, 1.82) is 0 Å². The van der Waals surface area contributed by atoms with Crippen LogP contribution in [0.2, 0.25) is 10.0 Å². The molecule has 0 aliphatic rings. The Morgan fingerprint density at radius 2 is 1.00 bits per heavy atom. The number of rotatable bonds is 9. The Kier molecular flexibility index (Phi) is 21.0. The average Bonchev–Trinajstić information content (AvgIpc) is 2.78. The molecule has 35 heavy (non-hydrogen) atoms. The van der Waals surface area contributed by atoms with Gasteiger partial charge >= 0.3 is 21.7 Å². The molecule has 0 saturated heterocycles. The van der Waals surface area contributed by atoms with Crippen LogP contribution in [-0.4, -0.2) is 49.2 Å². The van der Waals surface area contributed by atoms with Crippen LogP contribution in [0, 0.1) is 0 Å². The van der Waals surface area contributed by atoms with Gasteiger partial charge in [-0.2, -0.15) is 0 Å². The van der Waals surface area contributed by atoms with Crippen LogP contribution in [0.1, 0.15) is 51.7 Å². The monoisotopic (exact) mass is 560 g/mol. The quantitative estimate of drug-likeness (QED) is 0.437. The van der Waals surface area contributed by atoms with Gasteiger partial charge in [0.05, 0.1) is 0 Å². The van der Waals surface area contributed by atoms with E-state index in [-0.39, 0.29) is 45.4 Å². The predicted molar refractivity (Wildman–Crippen MR) is 134 cm³/mol. The molecular formula is C26H38Cl2N2O4Ti. The van der Waals surface area contributed by atoms with Crippen LogP contribution in [0.3, 0.4) is 0 Å². The number of halogens is 2. The smallest absolute Gasteiger partial charge is 0.872 e. The minimum Gasteiger partial charge on any atom is -0.872 e. The predicted octanol–water partition coefficient (Wildman–Crippen LogP) is 2.99. The molecule has 0 fully saturated rings. The van der Waals surface area contributed by atoms with E-state index in [1.165, 1.54) is 12.1 Å². The first kappa shape index (κ1) is 36.3. The van der Waals surface area contributed by atoms with Crippen molar-refractivity contribution in [2.45, 2.75) is 65.8 Å². The summed E-state index contributed by atoms with van der Waals surface area (Å²) in [6, 6.07) is 9.61. The Morgan fingerprint density at radius 3 is 1.26 bits per heavy atom. The minimum atomic E-state index is -0.366. The molecule has 194 valence electrons. The maximum atomic E-state index is 11.8. The van der Waals surface area contributed by atoms with Gasteiger partial charge in [-0.15, -0.1) is 23.7 Å². The molecule has 0 heterocycles. The van der Waals surface area contributed by atoms with Crippen LogP contribution in [0.15, 0.2) is 36.4 Å². The zero-order chi connectivity index (χ0) is 26.3. The third-order valence-electron chi connectivity index (χ3n) is 4.94. The fourth-order valence-corrected chi connectivity index (χ4v) is 2.81. The van der Waals surface area contributed by atoms with Crippen LogP contribution >= 0.6 is 23.2 Å². The van der Waals surface area contributed by atoms with Gasteiger partial charge in [0.25, 0.3) is 0 Å². The summed E-state index contributed by atoms with van der Waals surface area (Å²) in [5.74, 6) is -0.0101. The van der Waals surface area contributed by atoms with Gasteiger partial charge in [-0.1, -0.05) is 75.9 Å². The molecule has 2 atom stereocenters. The molecule has 0 amide bonds. The molecule has 0 bridgehead atoms. The minimum absolute atomic E-state index is 0. The SMILES string of the molecule is CCC(C)[O-].CCC(C)[O-].CN(CCN(C)Cc1cc(Cl)ccc1[O-])Cc1cc(Cl)ccc1[O-].[Ti+4]. The topological polar surface area (TPSA) is 98.7 Å². The molecule has 6 nitrogen and oxygen atoms in total. The van der Waals surface area contributed by atoms with Crippen molar-refractivity contribution in [3.8, 4) is 11.5 Å². The van der Waals surface area contributed by atoms with Gasteiger partial charge in [0.2, 0.25) is 0 Å². The van der Waals surface area contributed by atoms with E-state index < -0.39 is 0 Å². The Labute approximate surface area is 236 Å². The second-order valence-corrected chi connectivity index (χ2v) is 9.29. The zero-order valence-electron chi connectivity index (χ0n) is 21.6. The molecule has 0 saturated carbocycles. The number of nitrogens with zero attached hydrogens (tertiary/aromatic N) is 2. The molecule has 0 aliphatic carbocycles. The molecule has 2 aromatic carbocycles. The Morgan fingerprint density at radius 1 is 0.714 bits per heavy atom. The first-order chi connectivity index (χ1) is 15.9. The van der Waals surface area contributed by atoms with Gasteiger partial charge in [0, 0.05) is 36.2 Å². The second-order valence-electron chi connectivity index (χ2n) is 8.42. The molecule has 0 aliphatic heterocycles. The summed E-state index contributed by atoms with van der Waals surface area (Å²) in [7, 11) is 3.90. The summed E-state index contributed by atoms with van der Waals surface area (Å²) in [5, 5.41) is 44.6. The van der Waals surface area contributed by atoms with Crippen molar-refractivity contribution < 1.29 is 42.1 Å². The molecule has 0 spiro atoms. The van der Waals surface area contributed by atoms with E-state index in [4.69, 9.17) is 23.2 Å². The fourth-order valence-electron chi connectivity index (χ4n) is 2.42. The van der Waals surface area contributed by atoms with Gasteiger partial charge in [-0.25, -0.2) is 0 Å². The summed E-state index contributed by atoms with van der Waals surface area (Å²) in [5.41, 5.74) is 1.37. The van der Waals surface area contributed by atoms with E-state index >= 15 is 0 Å². The van der Waals surface area contributed by atoms with Crippen molar-refractivity contribution in [2.75, 3.05) is 27.2 Å². The summed E-state index contributed by atoms with van der Waals surface area (Å²) in [6.45, 7) is 9.71. The zero-order valence-corrected chi connectivity index (χ0v) is 24.7. The van der Waals surface area contributed by atoms with E-state index in [0.717, 1.165) is 25.9 Å². The molecule has 0 N–H and O–H groups in total. The summed E-state index contributed by atoms with van der Waals surface area (Å²) < 4.78 is 0. The maximum Gasteiger partial charge on any atom is 4.00 e. The van der Waals surface area contributed by atoms with Crippen LogP contribution in [0.5, 0.6) is 11.5 Å². The van der Waals surface area contributed by atoms with Crippen LogP contribution in [0.4, 0.5) is 0 Å². The Hall–Kier alpha value is -0.826. The second kappa shape index (κ2) is 20.3. The van der Waals surface area contributed by atoms with Crippen molar-refractivity contribution in [2.24, 2.45) is 0 Å². The van der Waals surface area contributed by atoms with Crippen molar-refractivity contribution in [3.63, 3.8) is 0 Å². The third kappa shape index (κ3) is 18.1. The molecule has 0 radical (unpaired) electrons. The first-order valence-corrected chi connectivity index (χ1v) is 12.2. The van der Waals surface area contributed by atoms with E-state index in [0.29, 0.717) is 34.3 Å². The first-order valence-electron chi connectivity index (χ1n) is 11.5. The number of benzene rings is 2. The van der Waals surface area contributed by atoms with Crippen LogP contribution < -0.4 is 20.4 Å². The van der Waals surface area contributed by atoms with Crippen molar-refractivity contribution in [1.82, 2.24) is 9.80 Å². The van der Waals surface area contributed by atoms with Gasteiger partial charge in [-0.05, 0) is 49.5 Å². The van der Waals surface area contributed by atoms with E-state index in [2.05, 4.69) is 9.80 Å². The summed E-state index contributed by atoms with van der Waals surface area (Å²) >= 11 is 11.9. The number of likely N-dealkylation sites (N-methyl/N-ethyl adjacent to an activating group) is 2. The Balaban J connectivity index is 0. The van der Waals surface area contributed by atoms with Crippen LogP contribution in [-0.2, 0) is 34.8 Å². The molecule has 0 aromatic heterocycles. The average molecular weight is 561 g/mol. The summed E-state index contributed by atoms with van der Waals surface area (Å²) in [4.78, 5) is 4.11. The van der Waals surface area contributed by atoms with Crippen molar-refractivity contribution >= 4 is 23.2 Å². The molecule has 9 heteroatoms. The molecule has 2 aromatic rings. The Bertz CT molecular complexity index is 758. The van der Waals surface area contributed by atoms with Gasteiger partial charge in [0.1, 0.15) is 0 Å². The van der Waals surface area contributed by atoms with Gasteiger partial charge < -0.3 is 30.2 Å². The van der Waals surface area contributed by atoms with Crippen molar-refractivity contribution in [3.05, 3.63) is 57.6 Å². The van der Waals surface area contributed by atoms with Gasteiger partial charge in [-0.3, -0.25) is 0 Å². The van der Waals surface area contributed by atoms with E-state index in [9.17, 15) is 20.4 Å². The normalized spacial score (nSPS) is 12.1. The molecule has 2 rings (SSSR count). The fraction of sp³-hybridized carbons (Fsp3) is 0.538. The van der Waals surface area contributed by atoms with Crippen LogP contribution in [0.25, 0.3) is 0 Å². The standard InChI is InChI=1S/C18H22Cl2N2O2.2C4H9O.Ti/c1-21(11-13-9-15(19)3-5-17(13)23)7-8-22(2)12-14-10-16(20)4-6-18(14)24;2*1-3-4(2)5;/h3-6,9-10,23-24H,7-8,11-12H2,1-2H3;2*4H,3H2,1-2H3;/q;2*-1;+4/p-2. The van der Waals surface area contributed by atoms with E-state index in [1.807, 2.05) is 27.9 Å². The number of hydrogen-bond acceptors (Lipinski definition) is 6. The third-order valence-corrected chi connectivity index (χ3v) is 5.41. The molecule has 2 unspecified atom stereocenters. The number of hydrogen-bond donors (Lipinski definition) is 0. The maximum absolute atomic E-state index is 11.8. The summed E-state index contributed by atoms with van der Waals surface area (Å²) in [6.07, 6.45) is 0.769. The van der Waals surface area contributed by atoms with E-state index in [1.54, 1.807) is 38.1 Å². The van der Waals surface area contributed by atoms with Gasteiger partial charge in [0.15, 0.2) is 0 Å². The molecular weight excluding hydrogens is 523 g/mol. The largest absolute Gasteiger partial charge is 4.00 e.